The number of rotatable bonds is 10. The van der Waals surface area contributed by atoms with Gasteiger partial charge in [-0.2, -0.15) is 0 Å². The molecule has 4 nitrogen and oxygen atoms in total. The van der Waals surface area contributed by atoms with Crippen molar-refractivity contribution in [1.29, 1.82) is 0 Å². The molecule has 1 unspecified atom stereocenters. The minimum atomic E-state index is 0.0728. The van der Waals surface area contributed by atoms with Gasteiger partial charge in [0.1, 0.15) is 0 Å². The second-order valence-electron chi connectivity index (χ2n) is 6.02. The Morgan fingerprint density at radius 2 is 2.00 bits per heavy atom. The van der Waals surface area contributed by atoms with E-state index < -0.39 is 0 Å². The standard InChI is InChI=1S/C16H32N2O2/c1-2-5-14(10-11-17)8-9-16(20)18(12-13-19)15-6-3-4-7-15/h14-15,19H,2-13,17H2,1H3. The summed E-state index contributed by atoms with van der Waals surface area (Å²) in [6.45, 7) is 3.46. The molecule has 0 aliphatic heterocycles. The van der Waals surface area contributed by atoms with Crippen molar-refractivity contribution in [2.45, 2.75) is 70.8 Å². The van der Waals surface area contributed by atoms with E-state index >= 15 is 0 Å². The van der Waals surface area contributed by atoms with Crippen LogP contribution in [0.1, 0.15) is 64.7 Å². The maximum Gasteiger partial charge on any atom is 0.222 e. The van der Waals surface area contributed by atoms with Gasteiger partial charge in [0.05, 0.1) is 6.61 Å². The van der Waals surface area contributed by atoms with Gasteiger partial charge in [0, 0.05) is 19.0 Å². The summed E-state index contributed by atoms with van der Waals surface area (Å²) in [5, 5.41) is 9.18. The van der Waals surface area contributed by atoms with Crippen LogP contribution >= 0.6 is 0 Å². The lowest BCUT2D eigenvalue weighted by Gasteiger charge is -2.29. The van der Waals surface area contributed by atoms with Gasteiger partial charge in [-0.05, 0) is 38.1 Å². The van der Waals surface area contributed by atoms with Crippen LogP contribution in [0, 0.1) is 5.92 Å². The SMILES string of the molecule is CCCC(CCN)CCC(=O)N(CCO)C1CCCC1. The summed E-state index contributed by atoms with van der Waals surface area (Å²) < 4.78 is 0. The van der Waals surface area contributed by atoms with Crippen molar-refractivity contribution in [2.24, 2.45) is 11.7 Å². The Labute approximate surface area is 123 Å². The zero-order valence-corrected chi connectivity index (χ0v) is 13.0. The van der Waals surface area contributed by atoms with Crippen LogP contribution in [-0.2, 0) is 4.79 Å². The first-order chi connectivity index (χ1) is 9.72. The quantitative estimate of drug-likeness (QED) is 0.647. The van der Waals surface area contributed by atoms with Crippen LogP contribution in [0.3, 0.4) is 0 Å². The lowest BCUT2D eigenvalue weighted by Crippen LogP contribution is -2.40. The van der Waals surface area contributed by atoms with E-state index in [-0.39, 0.29) is 12.5 Å². The van der Waals surface area contributed by atoms with Crippen LogP contribution in [-0.4, -0.2) is 41.7 Å². The highest BCUT2D eigenvalue weighted by Crippen LogP contribution is 2.25. The van der Waals surface area contributed by atoms with Crippen LogP contribution in [0.15, 0.2) is 0 Å². The van der Waals surface area contributed by atoms with Gasteiger partial charge in [-0.1, -0.05) is 32.6 Å². The number of nitrogens with zero attached hydrogens (tertiary/aromatic N) is 1. The van der Waals surface area contributed by atoms with E-state index in [4.69, 9.17) is 5.73 Å². The van der Waals surface area contributed by atoms with Gasteiger partial charge in [0.2, 0.25) is 5.91 Å². The number of nitrogens with two attached hydrogens (primary N) is 1. The summed E-state index contributed by atoms with van der Waals surface area (Å²) in [5.74, 6) is 0.803. The number of amides is 1. The van der Waals surface area contributed by atoms with Crippen molar-refractivity contribution in [1.82, 2.24) is 4.90 Å². The fourth-order valence-corrected chi connectivity index (χ4v) is 3.38. The molecule has 4 heteroatoms. The van der Waals surface area contributed by atoms with E-state index in [2.05, 4.69) is 6.92 Å². The minimum Gasteiger partial charge on any atom is -0.395 e. The monoisotopic (exact) mass is 284 g/mol. The molecule has 0 aromatic rings. The van der Waals surface area contributed by atoms with E-state index in [9.17, 15) is 9.90 Å². The van der Waals surface area contributed by atoms with E-state index in [0.29, 0.717) is 31.5 Å². The first-order valence-corrected chi connectivity index (χ1v) is 8.33. The molecule has 0 aromatic heterocycles. The minimum absolute atomic E-state index is 0.0728. The molecule has 0 aromatic carbocycles. The molecule has 1 saturated carbocycles. The summed E-state index contributed by atoms with van der Waals surface area (Å²) in [6, 6.07) is 0.369. The lowest BCUT2D eigenvalue weighted by atomic mass is 9.94. The largest absolute Gasteiger partial charge is 0.395 e. The highest BCUT2D eigenvalue weighted by atomic mass is 16.3. The molecule has 3 N–H and O–H groups in total. The fourth-order valence-electron chi connectivity index (χ4n) is 3.38. The molecule has 1 atom stereocenters. The molecule has 1 aliphatic carbocycles. The number of hydrogen-bond donors (Lipinski definition) is 2. The van der Waals surface area contributed by atoms with Crippen LogP contribution < -0.4 is 5.73 Å². The molecule has 1 aliphatic rings. The molecule has 118 valence electrons. The molecule has 0 bridgehead atoms. The zero-order chi connectivity index (χ0) is 14.8. The summed E-state index contributed by atoms with van der Waals surface area (Å²) in [7, 11) is 0. The number of carbonyl (C=O) groups excluding carboxylic acids is 1. The van der Waals surface area contributed by atoms with Crippen LogP contribution in [0.2, 0.25) is 0 Å². The fraction of sp³-hybridized carbons (Fsp3) is 0.938. The molecule has 20 heavy (non-hydrogen) atoms. The van der Waals surface area contributed by atoms with Crippen molar-refractivity contribution in [2.75, 3.05) is 19.7 Å². The molecular weight excluding hydrogens is 252 g/mol. The molecule has 1 amide bonds. The van der Waals surface area contributed by atoms with Crippen LogP contribution in [0.25, 0.3) is 0 Å². The van der Waals surface area contributed by atoms with Crippen molar-refractivity contribution in [3.63, 3.8) is 0 Å². The lowest BCUT2D eigenvalue weighted by molar-refractivity contribution is -0.134. The second kappa shape index (κ2) is 10.2. The van der Waals surface area contributed by atoms with Crippen molar-refractivity contribution >= 4 is 5.91 Å². The van der Waals surface area contributed by atoms with E-state index in [1.165, 1.54) is 12.8 Å². The molecule has 0 heterocycles. The average molecular weight is 284 g/mol. The Hall–Kier alpha value is -0.610. The number of aliphatic hydroxyl groups is 1. The molecule has 0 spiro atoms. The molecule has 1 fully saturated rings. The molecular formula is C16H32N2O2. The number of hydrogen-bond acceptors (Lipinski definition) is 3. The Balaban J connectivity index is 2.43. The molecule has 0 radical (unpaired) electrons. The molecule has 0 saturated heterocycles. The third kappa shape index (κ3) is 5.80. The van der Waals surface area contributed by atoms with Crippen molar-refractivity contribution in [3.05, 3.63) is 0 Å². The maximum absolute atomic E-state index is 12.4. The smallest absolute Gasteiger partial charge is 0.222 e. The summed E-state index contributed by atoms with van der Waals surface area (Å²) >= 11 is 0. The van der Waals surface area contributed by atoms with Gasteiger partial charge in [0.25, 0.3) is 0 Å². The Morgan fingerprint density at radius 3 is 2.55 bits per heavy atom. The highest BCUT2D eigenvalue weighted by Gasteiger charge is 2.26. The van der Waals surface area contributed by atoms with E-state index in [1.54, 1.807) is 0 Å². The number of aliphatic hydroxyl groups excluding tert-OH is 1. The zero-order valence-electron chi connectivity index (χ0n) is 13.0. The Morgan fingerprint density at radius 1 is 1.30 bits per heavy atom. The third-order valence-corrected chi connectivity index (χ3v) is 4.47. The average Bonchev–Trinajstić information content (AvgIpc) is 2.96. The first kappa shape index (κ1) is 17.4. The Kier molecular flexibility index (Phi) is 8.86. The van der Waals surface area contributed by atoms with E-state index in [0.717, 1.165) is 38.5 Å². The summed E-state index contributed by atoms with van der Waals surface area (Å²) in [5.41, 5.74) is 5.64. The van der Waals surface area contributed by atoms with Gasteiger partial charge in [-0.3, -0.25) is 4.79 Å². The Bertz CT molecular complexity index is 259. The van der Waals surface area contributed by atoms with Gasteiger partial charge in [-0.25, -0.2) is 0 Å². The van der Waals surface area contributed by atoms with Gasteiger partial charge < -0.3 is 15.7 Å². The predicted molar refractivity (Wildman–Crippen MR) is 82.4 cm³/mol. The normalized spacial score (nSPS) is 17.4. The summed E-state index contributed by atoms with van der Waals surface area (Å²) in [6.07, 6.45) is 9.52. The second-order valence-corrected chi connectivity index (χ2v) is 6.02. The highest BCUT2D eigenvalue weighted by molar-refractivity contribution is 5.76. The van der Waals surface area contributed by atoms with Crippen LogP contribution in [0.5, 0.6) is 0 Å². The van der Waals surface area contributed by atoms with Crippen LogP contribution in [0.4, 0.5) is 0 Å². The summed E-state index contributed by atoms with van der Waals surface area (Å²) in [4.78, 5) is 14.3. The molecule has 1 rings (SSSR count). The van der Waals surface area contributed by atoms with E-state index in [1.807, 2.05) is 4.90 Å². The van der Waals surface area contributed by atoms with Gasteiger partial charge in [0.15, 0.2) is 0 Å². The van der Waals surface area contributed by atoms with Crippen molar-refractivity contribution < 1.29 is 9.90 Å². The third-order valence-electron chi connectivity index (χ3n) is 4.47. The van der Waals surface area contributed by atoms with Gasteiger partial charge >= 0.3 is 0 Å². The predicted octanol–water partition coefficient (Wildman–Crippen LogP) is 2.30. The van der Waals surface area contributed by atoms with Crippen molar-refractivity contribution in [3.8, 4) is 0 Å². The first-order valence-electron chi connectivity index (χ1n) is 8.33. The van der Waals surface area contributed by atoms with Gasteiger partial charge in [-0.15, -0.1) is 0 Å². The number of carbonyl (C=O) groups is 1. The maximum atomic E-state index is 12.4. The topological polar surface area (TPSA) is 66.6 Å².